The molecule has 0 amide bonds. The first-order chi connectivity index (χ1) is 13.6. The summed E-state index contributed by atoms with van der Waals surface area (Å²) in [6, 6.07) is 13.0. The van der Waals surface area contributed by atoms with Crippen LogP contribution in [0.3, 0.4) is 0 Å². The van der Waals surface area contributed by atoms with E-state index in [4.69, 9.17) is 4.74 Å². The molecule has 0 saturated carbocycles. The number of ether oxygens (including phenoxy) is 1. The molecule has 0 spiro atoms. The molecule has 0 radical (unpaired) electrons. The van der Waals surface area contributed by atoms with Crippen LogP contribution in [0, 0.1) is 0 Å². The van der Waals surface area contributed by atoms with Crippen molar-refractivity contribution < 1.29 is 4.74 Å². The Morgan fingerprint density at radius 2 is 1.79 bits per heavy atom. The van der Waals surface area contributed by atoms with E-state index >= 15 is 0 Å². The van der Waals surface area contributed by atoms with Crippen LogP contribution >= 0.6 is 0 Å². The summed E-state index contributed by atoms with van der Waals surface area (Å²) in [4.78, 5) is 34.3. The number of benzene rings is 1. The second kappa shape index (κ2) is 7.15. The maximum absolute atomic E-state index is 13.1. The molecule has 0 fully saturated rings. The predicted octanol–water partition coefficient (Wildman–Crippen LogP) is 1.46. The van der Waals surface area contributed by atoms with Gasteiger partial charge < -0.3 is 9.30 Å². The van der Waals surface area contributed by atoms with Crippen LogP contribution in [0.2, 0.25) is 0 Å². The lowest BCUT2D eigenvalue weighted by Gasteiger charge is -2.09. The van der Waals surface area contributed by atoms with Crippen molar-refractivity contribution in [3.05, 3.63) is 87.1 Å². The van der Waals surface area contributed by atoms with Crippen molar-refractivity contribution in [2.75, 3.05) is 0 Å². The minimum atomic E-state index is -0.404. The zero-order valence-corrected chi connectivity index (χ0v) is 15.6. The molecule has 0 aliphatic heterocycles. The number of hydrogen-bond acceptors (Lipinski definition) is 5. The highest BCUT2D eigenvalue weighted by Gasteiger charge is 2.18. The number of aromatic nitrogens is 5. The minimum absolute atomic E-state index is 0.156. The summed E-state index contributed by atoms with van der Waals surface area (Å²) in [6.45, 7) is 0.359. The average Bonchev–Trinajstić information content (AvgIpc) is 3.06. The van der Waals surface area contributed by atoms with E-state index in [1.807, 2.05) is 30.3 Å². The van der Waals surface area contributed by atoms with Crippen molar-refractivity contribution in [3.8, 4) is 5.75 Å². The number of nitrogens with zero attached hydrogens (tertiary/aromatic N) is 5. The summed E-state index contributed by atoms with van der Waals surface area (Å²) in [7, 11) is 3.36. The third kappa shape index (κ3) is 3.09. The van der Waals surface area contributed by atoms with Crippen LogP contribution in [-0.4, -0.2) is 23.7 Å². The van der Waals surface area contributed by atoms with Crippen LogP contribution in [0.25, 0.3) is 11.2 Å². The van der Waals surface area contributed by atoms with Crippen molar-refractivity contribution in [1.82, 2.24) is 23.7 Å². The van der Waals surface area contributed by atoms with Gasteiger partial charge in [0, 0.05) is 20.3 Å². The second-order valence-electron chi connectivity index (χ2n) is 6.46. The Kier molecular flexibility index (Phi) is 4.52. The van der Waals surface area contributed by atoms with E-state index in [9.17, 15) is 9.59 Å². The molecule has 4 rings (SSSR count). The molecule has 0 atom stereocenters. The summed E-state index contributed by atoms with van der Waals surface area (Å²) in [5, 5.41) is 0. The molecule has 8 nitrogen and oxygen atoms in total. The third-order valence-electron chi connectivity index (χ3n) is 4.64. The Bertz CT molecular complexity index is 1240. The average molecular weight is 377 g/mol. The first-order valence-electron chi connectivity index (χ1n) is 8.78. The van der Waals surface area contributed by atoms with Crippen molar-refractivity contribution in [3.63, 3.8) is 0 Å². The van der Waals surface area contributed by atoms with Gasteiger partial charge in [-0.25, -0.2) is 9.78 Å². The Hall–Kier alpha value is -3.68. The van der Waals surface area contributed by atoms with Gasteiger partial charge in [-0.15, -0.1) is 0 Å². The number of pyridine rings is 1. The predicted molar refractivity (Wildman–Crippen MR) is 104 cm³/mol. The molecule has 8 heteroatoms. The zero-order chi connectivity index (χ0) is 19.7. The van der Waals surface area contributed by atoms with E-state index in [2.05, 4.69) is 9.97 Å². The lowest BCUT2D eigenvalue weighted by molar-refractivity contribution is 0.291. The number of imidazole rings is 1. The summed E-state index contributed by atoms with van der Waals surface area (Å²) in [6.07, 6.45) is 3.26. The second-order valence-corrected chi connectivity index (χ2v) is 6.46. The van der Waals surface area contributed by atoms with Gasteiger partial charge in [0.2, 0.25) is 0 Å². The molecule has 4 aromatic rings. The monoisotopic (exact) mass is 377 g/mol. The molecule has 0 aliphatic carbocycles. The van der Waals surface area contributed by atoms with Gasteiger partial charge in [0.1, 0.15) is 18.2 Å². The fraction of sp³-hybridized carbons (Fsp3) is 0.200. The van der Waals surface area contributed by atoms with E-state index in [0.717, 1.165) is 5.56 Å². The summed E-state index contributed by atoms with van der Waals surface area (Å²) in [5.74, 6) is 1.15. The van der Waals surface area contributed by atoms with Gasteiger partial charge in [-0.05, 0) is 17.7 Å². The number of hydrogen-bond donors (Lipinski definition) is 0. The minimum Gasteiger partial charge on any atom is -0.484 e. The van der Waals surface area contributed by atoms with Crippen LogP contribution in [-0.2, 0) is 27.2 Å². The largest absolute Gasteiger partial charge is 0.484 e. The standard InChI is InChI=1S/C20H19N5O3/c1-23-16(13-28-15-9-6-10-21-11-15)22-18-17(23)19(26)25(20(27)24(18)2)12-14-7-4-3-5-8-14/h3-11H,12-13H2,1-2H3. The Morgan fingerprint density at radius 1 is 1.00 bits per heavy atom. The maximum atomic E-state index is 13.1. The highest BCUT2D eigenvalue weighted by Crippen LogP contribution is 2.13. The van der Waals surface area contributed by atoms with Crippen LogP contribution in [0.1, 0.15) is 11.4 Å². The first kappa shape index (κ1) is 17.7. The quantitative estimate of drug-likeness (QED) is 0.526. The molecule has 3 aromatic heterocycles. The third-order valence-corrected chi connectivity index (χ3v) is 4.64. The summed E-state index contributed by atoms with van der Waals surface area (Å²) < 4.78 is 10.00. The van der Waals surface area contributed by atoms with Crippen molar-refractivity contribution in [1.29, 1.82) is 0 Å². The van der Waals surface area contributed by atoms with Crippen LogP contribution in [0.5, 0.6) is 5.75 Å². The summed E-state index contributed by atoms with van der Waals surface area (Å²) >= 11 is 0. The molecule has 3 heterocycles. The molecule has 0 N–H and O–H groups in total. The van der Waals surface area contributed by atoms with Gasteiger partial charge in [-0.3, -0.25) is 18.9 Å². The Morgan fingerprint density at radius 3 is 2.50 bits per heavy atom. The lowest BCUT2D eigenvalue weighted by Crippen LogP contribution is -2.39. The molecule has 1 aromatic carbocycles. The molecule has 142 valence electrons. The topological polar surface area (TPSA) is 83.9 Å². The van der Waals surface area contributed by atoms with Crippen LogP contribution in [0.15, 0.2) is 64.4 Å². The lowest BCUT2D eigenvalue weighted by atomic mass is 10.2. The molecule has 0 aliphatic rings. The molecule has 0 bridgehead atoms. The van der Waals surface area contributed by atoms with Crippen molar-refractivity contribution in [2.24, 2.45) is 14.1 Å². The fourth-order valence-corrected chi connectivity index (χ4v) is 3.10. The number of rotatable bonds is 5. The Balaban J connectivity index is 1.77. The van der Waals surface area contributed by atoms with Gasteiger partial charge in [0.05, 0.1) is 12.7 Å². The molecular weight excluding hydrogens is 358 g/mol. The van der Waals surface area contributed by atoms with Crippen molar-refractivity contribution >= 4 is 11.2 Å². The van der Waals surface area contributed by atoms with Gasteiger partial charge >= 0.3 is 5.69 Å². The normalized spacial score (nSPS) is 11.1. The zero-order valence-electron chi connectivity index (χ0n) is 15.6. The molecule has 28 heavy (non-hydrogen) atoms. The number of aryl methyl sites for hydroxylation is 2. The van der Waals surface area contributed by atoms with E-state index in [-0.39, 0.29) is 18.7 Å². The van der Waals surface area contributed by atoms with Crippen LogP contribution in [0.4, 0.5) is 0 Å². The fourth-order valence-electron chi connectivity index (χ4n) is 3.10. The van der Waals surface area contributed by atoms with E-state index < -0.39 is 5.69 Å². The highest BCUT2D eigenvalue weighted by atomic mass is 16.5. The van der Waals surface area contributed by atoms with Gasteiger partial charge in [-0.2, -0.15) is 0 Å². The van der Waals surface area contributed by atoms with E-state index in [1.165, 1.54) is 9.13 Å². The maximum Gasteiger partial charge on any atom is 0.332 e. The smallest absolute Gasteiger partial charge is 0.332 e. The Labute approximate surface area is 160 Å². The number of fused-ring (bicyclic) bond motifs is 1. The molecule has 0 unspecified atom stereocenters. The summed E-state index contributed by atoms with van der Waals surface area (Å²) in [5.41, 5.74) is 0.807. The highest BCUT2D eigenvalue weighted by molar-refractivity contribution is 5.70. The van der Waals surface area contributed by atoms with E-state index in [0.29, 0.717) is 22.7 Å². The molecule has 0 saturated heterocycles. The first-order valence-corrected chi connectivity index (χ1v) is 8.78. The van der Waals surface area contributed by atoms with Crippen molar-refractivity contribution in [2.45, 2.75) is 13.2 Å². The van der Waals surface area contributed by atoms with E-state index in [1.54, 1.807) is 43.2 Å². The van der Waals surface area contributed by atoms with Gasteiger partial charge in [0.25, 0.3) is 5.56 Å². The van der Waals surface area contributed by atoms with Crippen LogP contribution < -0.4 is 16.0 Å². The van der Waals surface area contributed by atoms with Gasteiger partial charge in [-0.1, -0.05) is 30.3 Å². The SMILES string of the molecule is Cn1c(COc2cccnc2)nc2c1c(=O)n(Cc1ccccc1)c(=O)n2C. The van der Waals surface area contributed by atoms with Gasteiger partial charge in [0.15, 0.2) is 11.2 Å². The molecular formula is C20H19N5O3.